The molecule has 98 valence electrons. The lowest BCUT2D eigenvalue weighted by Crippen LogP contribution is -1.97. The lowest BCUT2D eigenvalue weighted by Gasteiger charge is -2.13. The molecule has 0 bridgehead atoms. The van der Waals surface area contributed by atoms with E-state index >= 15 is 0 Å². The molecule has 4 nitrogen and oxygen atoms in total. The van der Waals surface area contributed by atoms with E-state index in [2.05, 4.69) is 18.4 Å². The van der Waals surface area contributed by atoms with Crippen LogP contribution < -0.4 is 19.9 Å². The first-order valence-electron chi connectivity index (χ1n) is 5.24. The second kappa shape index (κ2) is 9.01. The van der Waals surface area contributed by atoms with Crippen LogP contribution in [-0.4, -0.2) is 34.1 Å². The summed E-state index contributed by atoms with van der Waals surface area (Å²) in [4.78, 5) is 0. The highest BCUT2D eigenvalue weighted by molar-refractivity contribution is 7.80. The summed E-state index contributed by atoms with van der Waals surface area (Å²) >= 11 is 4.19. The fourth-order valence-electron chi connectivity index (χ4n) is 1.41. The van der Waals surface area contributed by atoms with Crippen LogP contribution in [0.3, 0.4) is 0 Å². The predicted molar refractivity (Wildman–Crippen MR) is 73.8 cm³/mol. The summed E-state index contributed by atoms with van der Waals surface area (Å²) in [7, 11) is 6.32. The molecule has 0 saturated heterocycles. The van der Waals surface area contributed by atoms with Gasteiger partial charge in [-0.1, -0.05) is 0 Å². The summed E-state index contributed by atoms with van der Waals surface area (Å²) in [5.41, 5.74) is 5.62. The van der Waals surface area contributed by atoms with Gasteiger partial charge in [0.1, 0.15) is 0 Å². The highest BCUT2D eigenvalue weighted by atomic mass is 32.1. The van der Waals surface area contributed by atoms with Crippen molar-refractivity contribution in [3.05, 3.63) is 17.7 Å². The smallest absolute Gasteiger partial charge is 0.203 e. The number of benzene rings is 1. The largest absolute Gasteiger partial charge is 0.493 e. The maximum absolute atomic E-state index is 5.24. The summed E-state index contributed by atoms with van der Waals surface area (Å²) in [6.45, 7) is 0. The van der Waals surface area contributed by atoms with Gasteiger partial charge in [-0.05, 0) is 36.9 Å². The third kappa shape index (κ3) is 4.36. The van der Waals surface area contributed by atoms with E-state index in [4.69, 9.17) is 14.2 Å². The molecule has 0 atom stereocenters. The highest BCUT2D eigenvalue weighted by Crippen LogP contribution is 2.38. The molecule has 1 rings (SSSR count). The maximum Gasteiger partial charge on any atom is 0.203 e. The third-order valence-corrected chi connectivity index (χ3v) is 2.35. The van der Waals surface area contributed by atoms with Crippen LogP contribution in [0.25, 0.3) is 0 Å². The Morgan fingerprint density at radius 1 is 1.00 bits per heavy atom. The SMILES string of the molecule is CN.COc1cc(CCS)cc(OC)c1OC. The average Bonchev–Trinajstić information content (AvgIpc) is 2.40. The standard InChI is InChI=1S/C11H16O3S.CH5N/c1-12-9-6-8(4-5-15)7-10(13-2)11(9)14-3;1-2/h6-7,15H,4-5H2,1-3H3;2H2,1H3. The van der Waals surface area contributed by atoms with Gasteiger partial charge in [0.05, 0.1) is 21.3 Å². The molecule has 0 saturated carbocycles. The van der Waals surface area contributed by atoms with Crippen molar-refractivity contribution in [1.29, 1.82) is 0 Å². The Bertz CT molecular complexity index is 307. The molecule has 0 fully saturated rings. The second-order valence-electron chi connectivity index (χ2n) is 3.01. The highest BCUT2D eigenvalue weighted by Gasteiger charge is 2.12. The normalized spacial score (nSPS) is 9.06. The molecule has 1 aromatic rings. The van der Waals surface area contributed by atoms with Gasteiger partial charge in [0.2, 0.25) is 5.75 Å². The van der Waals surface area contributed by atoms with Crippen LogP contribution in [0.4, 0.5) is 0 Å². The van der Waals surface area contributed by atoms with E-state index in [0.717, 1.165) is 17.7 Å². The summed E-state index contributed by atoms with van der Waals surface area (Å²) < 4.78 is 15.7. The van der Waals surface area contributed by atoms with Crippen molar-refractivity contribution < 1.29 is 14.2 Å². The zero-order valence-electron chi connectivity index (χ0n) is 10.8. The van der Waals surface area contributed by atoms with E-state index in [1.165, 1.54) is 7.05 Å². The Labute approximate surface area is 108 Å². The lowest BCUT2D eigenvalue weighted by molar-refractivity contribution is 0.324. The molecule has 0 spiro atoms. The van der Waals surface area contributed by atoms with Gasteiger partial charge in [-0.25, -0.2) is 0 Å². The van der Waals surface area contributed by atoms with Gasteiger partial charge in [-0.3, -0.25) is 0 Å². The topological polar surface area (TPSA) is 53.7 Å². The summed E-state index contributed by atoms with van der Waals surface area (Å²) in [5.74, 6) is 2.80. The Morgan fingerprint density at radius 3 is 1.76 bits per heavy atom. The van der Waals surface area contributed by atoms with Gasteiger partial charge in [0, 0.05) is 0 Å². The van der Waals surface area contributed by atoms with Gasteiger partial charge in [-0.15, -0.1) is 0 Å². The molecule has 0 unspecified atom stereocenters. The number of nitrogens with two attached hydrogens (primary N) is 1. The van der Waals surface area contributed by atoms with Gasteiger partial charge >= 0.3 is 0 Å². The van der Waals surface area contributed by atoms with Crippen LogP contribution in [0, 0.1) is 0 Å². The number of methoxy groups -OCH3 is 3. The number of thiol groups is 1. The molecule has 0 radical (unpaired) electrons. The Kier molecular flexibility index (Phi) is 8.44. The van der Waals surface area contributed by atoms with Crippen LogP contribution in [0.5, 0.6) is 17.2 Å². The van der Waals surface area contributed by atoms with Crippen molar-refractivity contribution in [2.24, 2.45) is 5.73 Å². The summed E-state index contributed by atoms with van der Waals surface area (Å²) in [6.07, 6.45) is 0.875. The molecule has 2 N–H and O–H groups in total. The monoisotopic (exact) mass is 259 g/mol. The van der Waals surface area contributed by atoms with Crippen molar-refractivity contribution in [3.63, 3.8) is 0 Å². The Balaban J connectivity index is 0.00000121. The van der Waals surface area contributed by atoms with Crippen molar-refractivity contribution in [2.45, 2.75) is 6.42 Å². The molecule has 5 heteroatoms. The van der Waals surface area contributed by atoms with Crippen LogP contribution in [-0.2, 0) is 6.42 Å². The van der Waals surface area contributed by atoms with E-state index in [-0.39, 0.29) is 0 Å². The van der Waals surface area contributed by atoms with E-state index in [9.17, 15) is 0 Å². The molecule has 1 aromatic carbocycles. The minimum Gasteiger partial charge on any atom is -0.493 e. The van der Waals surface area contributed by atoms with Gasteiger partial charge in [-0.2, -0.15) is 12.6 Å². The maximum atomic E-state index is 5.24. The number of hydrogen-bond donors (Lipinski definition) is 2. The van der Waals surface area contributed by atoms with Gasteiger partial charge < -0.3 is 19.9 Å². The summed E-state index contributed by atoms with van der Waals surface area (Å²) in [5, 5.41) is 0. The molecule has 0 aliphatic heterocycles. The molecule has 0 heterocycles. The Hall–Kier alpha value is -1.07. The van der Waals surface area contributed by atoms with E-state index in [1.807, 2.05) is 12.1 Å². The minimum atomic E-state index is 0.628. The van der Waals surface area contributed by atoms with Gasteiger partial charge in [0.15, 0.2) is 11.5 Å². The van der Waals surface area contributed by atoms with Crippen molar-refractivity contribution in [1.82, 2.24) is 0 Å². The fraction of sp³-hybridized carbons (Fsp3) is 0.500. The average molecular weight is 259 g/mol. The van der Waals surface area contributed by atoms with Crippen molar-refractivity contribution in [2.75, 3.05) is 34.1 Å². The zero-order chi connectivity index (χ0) is 13.3. The van der Waals surface area contributed by atoms with E-state index in [1.54, 1.807) is 21.3 Å². The minimum absolute atomic E-state index is 0.628. The first-order chi connectivity index (χ1) is 8.26. The second-order valence-corrected chi connectivity index (χ2v) is 3.45. The van der Waals surface area contributed by atoms with Gasteiger partial charge in [0.25, 0.3) is 0 Å². The number of aryl methyl sites for hydroxylation is 1. The quantitative estimate of drug-likeness (QED) is 0.791. The van der Waals surface area contributed by atoms with Crippen LogP contribution in [0.15, 0.2) is 12.1 Å². The van der Waals surface area contributed by atoms with Crippen molar-refractivity contribution in [3.8, 4) is 17.2 Å². The first-order valence-corrected chi connectivity index (χ1v) is 5.87. The van der Waals surface area contributed by atoms with Crippen molar-refractivity contribution >= 4 is 12.6 Å². The van der Waals surface area contributed by atoms with E-state index in [0.29, 0.717) is 17.2 Å². The molecule has 0 aromatic heterocycles. The van der Waals surface area contributed by atoms with E-state index < -0.39 is 0 Å². The molecule has 0 aliphatic rings. The molecule has 17 heavy (non-hydrogen) atoms. The van der Waals surface area contributed by atoms with Crippen LogP contribution in [0.2, 0.25) is 0 Å². The van der Waals surface area contributed by atoms with Crippen LogP contribution >= 0.6 is 12.6 Å². The summed E-state index contributed by atoms with van der Waals surface area (Å²) in [6, 6.07) is 3.88. The molecule has 0 aliphatic carbocycles. The molecular formula is C12H21NO3S. The number of ether oxygens (including phenoxy) is 3. The lowest BCUT2D eigenvalue weighted by atomic mass is 10.1. The third-order valence-electron chi connectivity index (χ3n) is 2.12. The van der Waals surface area contributed by atoms with Crippen LogP contribution in [0.1, 0.15) is 5.56 Å². The molecular weight excluding hydrogens is 238 g/mol. The number of rotatable bonds is 5. The Morgan fingerprint density at radius 2 is 1.47 bits per heavy atom. The predicted octanol–water partition coefficient (Wildman–Crippen LogP) is 1.76. The first kappa shape index (κ1) is 15.9. The number of hydrogen-bond acceptors (Lipinski definition) is 5. The molecule has 0 amide bonds. The zero-order valence-corrected chi connectivity index (χ0v) is 11.7. The fourth-order valence-corrected chi connectivity index (χ4v) is 1.67.